The molecular formula is C17H13ClN2O4. The van der Waals surface area contributed by atoms with Crippen molar-refractivity contribution in [2.24, 2.45) is 0 Å². The second-order valence-corrected chi connectivity index (χ2v) is 5.42. The number of halogens is 1. The molecule has 0 aliphatic rings. The van der Waals surface area contributed by atoms with Crippen LogP contribution >= 0.6 is 11.6 Å². The van der Waals surface area contributed by atoms with Crippen LogP contribution in [0.4, 0.5) is 5.69 Å². The van der Waals surface area contributed by atoms with Crippen LogP contribution in [0.5, 0.6) is 11.5 Å². The van der Waals surface area contributed by atoms with Gasteiger partial charge in [-0.1, -0.05) is 23.7 Å². The number of aromatic hydroxyl groups is 1. The van der Waals surface area contributed by atoms with Crippen molar-refractivity contribution >= 4 is 34.2 Å². The second kappa shape index (κ2) is 6.25. The van der Waals surface area contributed by atoms with E-state index in [0.717, 1.165) is 0 Å². The van der Waals surface area contributed by atoms with Crippen molar-refractivity contribution in [2.75, 3.05) is 12.4 Å². The zero-order valence-corrected chi connectivity index (χ0v) is 13.3. The maximum absolute atomic E-state index is 12.5. The monoisotopic (exact) mass is 344 g/mol. The minimum Gasteiger partial charge on any atom is -0.504 e. The van der Waals surface area contributed by atoms with E-state index in [4.69, 9.17) is 26.2 Å². The number of carbonyl (C=O) groups excluding carboxylic acids is 1. The lowest BCUT2D eigenvalue weighted by atomic mass is 10.1. The maximum atomic E-state index is 12.5. The Bertz CT molecular complexity index is 998. The number of para-hydroxylation sites is 1. The first kappa shape index (κ1) is 15.9. The molecule has 1 amide bonds. The van der Waals surface area contributed by atoms with Crippen molar-refractivity contribution < 1.29 is 19.1 Å². The molecule has 7 heteroatoms. The fraction of sp³-hybridized carbons (Fsp3) is 0.0588. The largest absolute Gasteiger partial charge is 0.504 e. The molecule has 2 aromatic carbocycles. The highest BCUT2D eigenvalue weighted by Crippen LogP contribution is 2.28. The Morgan fingerprint density at radius 2 is 2.08 bits per heavy atom. The lowest BCUT2D eigenvalue weighted by Crippen LogP contribution is -2.21. The minimum absolute atomic E-state index is 0.0233. The summed E-state index contributed by atoms with van der Waals surface area (Å²) in [5.41, 5.74) is 0.197. The number of ether oxygens (including phenoxy) is 1. The van der Waals surface area contributed by atoms with Gasteiger partial charge in [-0.05, 0) is 30.3 Å². The van der Waals surface area contributed by atoms with E-state index in [9.17, 15) is 9.90 Å². The summed E-state index contributed by atoms with van der Waals surface area (Å²) < 4.78 is 10.4. The quantitative estimate of drug-likeness (QED) is 0.677. The van der Waals surface area contributed by atoms with Gasteiger partial charge in [0, 0.05) is 10.4 Å². The van der Waals surface area contributed by atoms with E-state index in [0.29, 0.717) is 21.8 Å². The number of amides is 1. The van der Waals surface area contributed by atoms with Gasteiger partial charge in [0.15, 0.2) is 11.3 Å². The number of phenols is 1. The molecule has 0 radical (unpaired) electrons. The Balaban J connectivity index is 2.02. The van der Waals surface area contributed by atoms with Crippen LogP contribution in [0.2, 0.25) is 5.02 Å². The Morgan fingerprint density at radius 1 is 1.29 bits per heavy atom. The average molecular weight is 345 g/mol. The van der Waals surface area contributed by atoms with Gasteiger partial charge in [-0.3, -0.25) is 10.2 Å². The summed E-state index contributed by atoms with van der Waals surface area (Å²) >= 11 is 5.94. The fourth-order valence-electron chi connectivity index (χ4n) is 2.28. The lowest BCUT2D eigenvalue weighted by Gasteiger charge is -2.11. The zero-order chi connectivity index (χ0) is 17.3. The first-order valence-corrected chi connectivity index (χ1v) is 7.32. The number of fused-ring (bicyclic) bond motifs is 1. The summed E-state index contributed by atoms with van der Waals surface area (Å²) in [4.78, 5) is 12.5. The number of anilines is 1. The molecule has 0 spiro atoms. The van der Waals surface area contributed by atoms with Gasteiger partial charge in [0.05, 0.1) is 12.8 Å². The van der Waals surface area contributed by atoms with Crippen LogP contribution in [-0.4, -0.2) is 18.1 Å². The van der Waals surface area contributed by atoms with Gasteiger partial charge in [0.25, 0.3) is 5.91 Å². The van der Waals surface area contributed by atoms with Crippen LogP contribution in [0.25, 0.3) is 11.0 Å². The Hall–Kier alpha value is -2.99. The van der Waals surface area contributed by atoms with Gasteiger partial charge in [-0.2, -0.15) is 0 Å². The van der Waals surface area contributed by atoms with Crippen molar-refractivity contribution in [3.05, 3.63) is 58.6 Å². The minimum atomic E-state index is -0.547. The normalized spacial score (nSPS) is 10.6. The van der Waals surface area contributed by atoms with E-state index in [2.05, 4.69) is 5.32 Å². The van der Waals surface area contributed by atoms with Crippen molar-refractivity contribution in [3.63, 3.8) is 0 Å². The first-order valence-electron chi connectivity index (χ1n) is 6.95. The SMILES string of the molecule is COc1ccc(Cl)cc1NC(=O)c1cc2cccc(O)c2oc1=N. The number of nitrogens with one attached hydrogen (secondary N) is 2. The zero-order valence-electron chi connectivity index (χ0n) is 12.6. The third kappa shape index (κ3) is 2.91. The number of carbonyl (C=O) groups is 1. The molecule has 1 aromatic heterocycles. The van der Waals surface area contributed by atoms with Gasteiger partial charge in [0.1, 0.15) is 11.3 Å². The summed E-state index contributed by atoms with van der Waals surface area (Å²) in [6, 6.07) is 11.0. The van der Waals surface area contributed by atoms with Gasteiger partial charge < -0.3 is 19.6 Å². The van der Waals surface area contributed by atoms with E-state index in [1.54, 1.807) is 30.3 Å². The number of rotatable bonds is 3. The topological polar surface area (TPSA) is 95.6 Å². The van der Waals surface area contributed by atoms with E-state index < -0.39 is 5.91 Å². The van der Waals surface area contributed by atoms with E-state index in [1.165, 1.54) is 19.2 Å². The van der Waals surface area contributed by atoms with Crippen molar-refractivity contribution in [1.29, 1.82) is 5.41 Å². The molecular weight excluding hydrogens is 332 g/mol. The number of benzene rings is 2. The van der Waals surface area contributed by atoms with E-state index in [1.807, 2.05) is 0 Å². The molecule has 0 atom stereocenters. The summed E-state index contributed by atoms with van der Waals surface area (Å²) in [5.74, 6) is -0.200. The molecule has 24 heavy (non-hydrogen) atoms. The van der Waals surface area contributed by atoms with Gasteiger partial charge >= 0.3 is 0 Å². The molecule has 0 saturated carbocycles. The average Bonchev–Trinajstić information content (AvgIpc) is 2.55. The molecule has 0 fully saturated rings. The Kier molecular flexibility index (Phi) is 4.14. The van der Waals surface area contributed by atoms with Crippen LogP contribution in [-0.2, 0) is 0 Å². The summed E-state index contributed by atoms with van der Waals surface area (Å²) in [6.45, 7) is 0. The molecule has 3 rings (SSSR count). The summed E-state index contributed by atoms with van der Waals surface area (Å²) in [5, 5.41) is 21.2. The molecule has 0 unspecified atom stereocenters. The number of hydrogen-bond donors (Lipinski definition) is 3. The van der Waals surface area contributed by atoms with Crippen molar-refractivity contribution in [2.45, 2.75) is 0 Å². The van der Waals surface area contributed by atoms with E-state index in [-0.39, 0.29) is 22.5 Å². The fourth-order valence-corrected chi connectivity index (χ4v) is 2.45. The third-order valence-corrected chi connectivity index (χ3v) is 3.66. The molecule has 1 heterocycles. The first-order chi connectivity index (χ1) is 11.5. The van der Waals surface area contributed by atoms with Crippen LogP contribution in [0, 0.1) is 5.41 Å². The van der Waals surface area contributed by atoms with Crippen molar-refractivity contribution in [3.8, 4) is 11.5 Å². The second-order valence-electron chi connectivity index (χ2n) is 4.98. The third-order valence-electron chi connectivity index (χ3n) is 3.43. The Morgan fingerprint density at radius 3 is 2.83 bits per heavy atom. The van der Waals surface area contributed by atoms with E-state index >= 15 is 0 Å². The van der Waals surface area contributed by atoms with Gasteiger partial charge in [0.2, 0.25) is 5.55 Å². The van der Waals surface area contributed by atoms with Crippen molar-refractivity contribution in [1.82, 2.24) is 0 Å². The molecule has 3 N–H and O–H groups in total. The predicted molar refractivity (Wildman–Crippen MR) is 89.7 cm³/mol. The highest BCUT2D eigenvalue weighted by Gasteiger charge is 2.15. The maximum Gasteiger partial charge on any atom is 0.261 e. The summed E-state index contributed by atoms with van der Waals surface area (Å²) in [7, 11) is 1.48. The molecule has 3 aromatic rings. The Labute approximate surface area is 141 Å². The molecule has 6 nitrogen and oxygen atoms in total. The van der Waals surface area contributed by atoms with Crippen LogP contribution in [0.15, 0.2) is 46.9 Å². The molecule has 0 saturated heterocycles. The number of methoxy groups -OCH3 is 1. The molecule has 0 aliphatic heterocycles. The number of hydrogen-bond acceptors (Lipinski definition) is 5. The van der Waals surface area contributed by atoms with Gasteiger partial charge in [-0.15, -0.1) is 0 Å². The van der Waals surface area contributed by atoms with Crippen LogP contribution in [0.1, 0.15) is 10.4 Å². The van der Waals surface area contributed by atoms with Crippen LogP contribution < -0.4 is 15.6 Å². The summed E-state index contributed by atoms with van der Waals surface area (Å²) in [6.07, 6.45) is 0. The predicted octanol–water partition coefficient (Wildman–Crippen LogP) is 3.53. The molecule has 0 aliphatic carbocycles. The highest BCUT2D eigenvalue weighted by atomic mass is 35.5. The highest BCUT2D eigenvalue weighted by molar-refractivity contribution is 6.31. The van der Waals surface area contributed by atoms with Gasteiger partial charge in [-0.25, -0.2) is 0 Å². The standard InChI is InChI=1S/C17H13ClN2O4/c1-23-14-6-5-10(18)8-12(14)20-17(22)11-7-9-3-2-4-13(21)15(9)24-16(11)19/h2-8,19,21H,1H3,(H,20,22). The smallest absolute Gasteiger partial charge is 0.261 e. The number of phenolic OH excluding ortho intramolecular Hbond substituents is 1. The molecule has 122 valence electrons. The van der Waals surface area contributed by atoms with Crippen LogP contribution in [0.3, 0.4) is 0 Å². The lowest BCUT2D eigenvalue weighted by molar-refractivity contribution is 0.102. The molecule has 0 bridgehead atoms.